The van der Waals surface area contributed by atoms with Crippen molar-refractivity contribution in [2.24, 2.45) is 0 Å². The molecule has 0 aliphatic carbocycles. The van der Waals surface area contributed by atoms with Crippen LogP contribution in [0.4, 0.5) is 13.2 Å². The average molecular weight is 428 g/mol. The summed E-state index contributed by atoms with van der Waals surface area (Å²) in [6.07, 6.45) is 0.388. The van der Waals surface area contributed by atoms with Gasteiger partial charge in [-0.1, -0.05) is 29.8 Å². The molecular formula is C20H17ClF3NO2S. The molecule has 0 aliphatic rings. The number of nitrogens with zero attached hydrogens (tertiary/aromatic N) is 1. The summed E-state index contributed by atoms with van der Waals surface area (Å²) in [6, 6.07) is 11.8. The smallest absolute Gasteiger partial charge is 0.323 e. The van der Waals surface area contributed by atoms with Crippen molar-refractivity contribution >= 4 is 38.5 Å². The van der Waals surface area contributed by atoms with Crippen molar-refractivity contribution in [2.75, 3.05) is 6.26 Å². The summed E-state index contributed by atoms with van der Waals surface area (Å²) in [5.74, 6) is 0. The lowest BCUT2D eigenvalue weighted by Gasteiger charge is -2.03. The van der Waals surface area contributed by atoms with Gasteiger partial charge in [-0.05, 0) is 47.9 Å². The number of aromatic nitrogens is 1. The van der Waals surface area contributed by atoms with Gasteiger partial charge >= 0.3 is 6.18 Å². The zero-order chi connectivity index (χ0) is 20.5. The number of alkyl halides is 3. The number of fused-ring (bicyclic) bond motifs is 1. The summed E-state index contributed by atoms with van der Waals surface area (Å²) in [5, 5.41) is 1.27. The number of rotatable bonds is 5. The van der Waals surface area contributed by atoms with Crippen LogP contribution in [0.15, 0.2) is 59.6 Å². The van der Waals surface area contributed by atoms with E-state index in [1.165, 1.54) is 12.3 Å². The molecule has 0 spiro atoms. The third kappa shape index (κ3) is 4.97. The first-order valence-electron chi connectivity index (χ1n) is 8.34. The maximum Gasteiger partial charge on any atom is 0.392 e. The SMILES string of the molecule is CS(=O)(=O)c1ccc2c(c1)c(Cc1ccc(Cl)cc1)cn2C=CCC(F)(F)F. The molecular weight excluding hydrogens is 411 g/mol. The Morgan fingerprint density at radius 3 is 2.39 bits per heavy atom. The summed E-state index contributed by atoms with van der Waals surface area (Å²) < 4.78 is 62.7. The Balaban J connectivity index is 2.07. The van der Waals surface area contributed by atoms with Gasteiger partial charge in [0.05, 0.1) is 16.8 Å². The lowest BCUT2D eigenvalue weighted by Crippen LogP contribution is -2.04. The Morgan fingerprint density at radius 1 is 1.11 bits per heavy atom. The van der Waals surface area contributed by atoms with E-state index < -0.39 is 22.4 Å². The highest BCUT2D eigenvalue weighted by atomic mass is 35.5. The summed E-state index contributed by atoms with van der Waals surface area (Å²) in [5.41, 5.74) is 2.39. The van der Waals surface area contributed by atoms with Gasteiger partial charge in [-0.25, -0.2) is 8.42 Å². The van der Waals surface area contributed by atoms with Crippen LogP contribution in [0.5, 0.6) is 0 Å². The molecule has 0 N–H and O–H groups in total. The van der Waals surface area contributed by atoms with Crippen LogP contribution in [-0.2, 0) is 16.3 Å². The molecule has 0 atom stereocenters. The first-order valence-corrected chi connectivity index (χ1v) is 10.6. The van der Waals surface area contributed by atoms with E-state index >= 15 is 0 Å². The standard InChI is InChI=1S/C20H17ClF3NO2S/c1-28(26,27)17-7-8-19-18(12-17)15(11-14-3-5-16(21)6-4-14)13-25(19)10-2-9-20(22,23)24/h2-8,10,12-13H,9,11H2,1H3. The third-order valence-corrected chi connectivity index (χ3v) is 5.60. The lowest BCUT2D eigenvalue weighted by atomic mass is 10.0. The summed E-state index contributed by atoms with van der Waals surface area (Å²) in [7, 11) is -3.41. The molecule has 0 aliphatic heterocycles. The van der Waals surface area contributed by atoms with E-state index in [9.17, 15) is 21.6 Å². The predicted molar refractivity (Wildman–Crippen MR) is 105 cm³/mol. The summed E-state index contributed by atoms with van der Waals surface area (Å²) in [6.45, 7) is 0. The predicted octanol–water partition coefficient (Wildman–Crippen LogP) is 5.71. The Hall–Kier alpha value is -2.25. The normalized spacial score (nSPS) is 12.9. The molecule has 0 unspecified atom stereocenters. The van der Waals surface area contributed by atoms with Gasteiger partial charge in [0, 0.05) is 29.1 Å². The van der Waals surface area contributed by atoms with Crippen molar-refractivity contribution in [3.05, 3.63) is 70.9 Å². The lowest BCUT2D eigenvalue weighted by molar-refractivity contribution is -0.124. The van der Waals surface area contributed by atoms with Crippen LogP contribution < -0.4 is 0 Å². The van der Waals surface area contributed by atoms with E-state index in [2.05, 4.69) is 0 Å². The fourth-order valence-electron chi connectivity index (χ4n) is 2.92. The monoisotopic (exact) mass is 427 g/mol. The highest BCUT2D eigenvalue weighted by molar-refractivity contribution is 7.90. The van der Waals surface area contributed by atoms with Crippen molar-refractivity contribution in [2.45, 2.75) is 23.9 Å². The molecule has 0 saturated carbocycles. The van der Waals surface area contributed by atoms with Crippen LogP contribution in [0.3, 0.4) is 0 Å². The Morgan fingerprint density at radius 2 is 1.79 bits per heavy atom. The van der Waals surface area contributed by atoms with Crippen LogP contribution in [0, 0.1) is 0 Å². The second-order valence-corrected chi connectivity index (χ2v) is 8.97. The number of benzene rings is 2. The van der Waals surface area contributed by atoms with Crippen LogP contribution in [0.1, 0.15) is 17.5 Å². The minimum absolute atomic E-state index is 0.161. The van der Waals surface area contributed by atoms with Gasteiger partial charge in [-0.2, -0.15) is 13.2 Å². The molecule has 28 heavy (non-hydrogen) atoms. The molecule has 3 nitrogen and oxygen atoms in total. The molecule has 1 heterocycles. The third-order valence-electron chi connectivity index (χ3n) is 4.24. The molecule has 1 aromatic heterocycles. The zero-order valence-corrected chi connectivity index (χ0v) is 16.4. The zero-order valence-electron chi connectivity index (χ0n) is 14.9. The van der Waals surface area contributed by atoms with Gasteiger partial charge in [-0.3, -0.25) is 0 Å². The van der Waals surface area contributed by atoms with Gasteiger partial charge in [0.25, 0.3) is 0 Å². The Bertz CT molecular complexity index is 1130. The molecule has 0 saturated heterocycles. The molecule has 0 bridgehead atoms. The second kappa shape index (κ2) is 7.64. The largest absolute Gasteiger partial charge is 0.392 e. The van der Waals surface area contributed by atoms with Gasteiger partial charge < -0.3 is 4.57 Å². The van der Waals surface area contributed by atoms with E-state index in [1.807, 2.05) is 12.1 Å². The number of sulfone groups is 1. The number of hydrogen-bond donors (Lipinski definition) is 0. The van der Waals surface area contributed by atoms with Crippen LogP contribution in [0.25, 0.3) is 17.1 Å². The van der Waals surface area contributed by atoms with E-state index in [0.29, 0.717) is 22.3 Å². The maximum atomic E-state index is 12.4. The van der Waals surface area contributed by atoms with Crippen LogP contribution in [-0.4, -0.2) is 25.4 Å². The average Bonchev–Trinajstić information content (AvgIpc) is 2.92. The van der Waals surface area contributed by atoms with Crippen molar-refractivity contribution in [1.29, 1.82) is 0 Å². The number of halogens is 4. The molecule has 148 valence electrons. The van der Waals surface area contributed by atoms with Crippen molar-refractivity contribution in [3.63, 3.8) is 0 Å². The topological polar surface area (TPSA) is 39.1 Å². The van der Waals surface area contributed by atoms with E-state index in [1.54, 1.807) is 35.0 Å². The quantitative estimate of drug-likeness (QED) is 0.523. The molecule has 2 aromatic carbocycles. The molecule has 3 aromatic rings. The van der Waals surface area contributed by atoms with Crippen LogP contribution in [0.2, 0.25) is 5.02 Å². The molecule has 0 amide bonds. The van der Waals surface area contributed by atoms with E-state index in [0.717, 1.165) is 23.5 Å². The molecule has 0 radical (unpaired) electrons. The van der Waals surface area contributed by atoms with Crippen LogP contribution >= 0.6 is 11.6 Å². The second-order valence-electron chi connectivity index (χ2n) is 6.52. The molecule has 8 heteroatoms. The van der Waals surface area contributed by atoms with E-state index in [-0.39, 0.29) is 4.90 Å². The van der Waals surface area contributed by atoms with Gasteiger partial charge in [-0.15, -0.1) is 0 Å². The first-order chi connectivity index (χ1) is 13.0. The first kappa shape index (κ1) is 20.5. The van der Waals surface area contributed by atoms with Gasteiger partial charge in [0.2, 0.25) is 0 Å². The summed E-state index contributed by atoms with van der Waals surface area (Å²) >= 11 is 5.91. The number of hydrogen-bond acceptors (Lipinski definition) is 2. The Kier molecular flexibility index (Phi) is 5.59. The molecule has 0 fully saturated rings. The highest BCUT2D eigenvalue weighted by Gasteiger charge is 2.24. The fraction of sp³-hybridized carbons (Fsp3) is 0.200. The van der Waals surface area contributed by atoms with Crippen molar-refractivity contribution in [3.8, 4) is 0 Å². The maximum absolute atomic E-state index is 12.4. The minimum atomic E-state index is -4.28. The van der Waals surface area contributed by atoms with Gasteiger partial charge in [0.15, 0.2) is 9.84 Å². The number of allylic oxidation sites excluding steroid dienone is 1. The fourth-order valence-corrected chi connectivity index (χ4v) is 3.69. The Labute approximate surface area is 166 Å². The minimum Gasteiger partial charge on any atom is -0.323 e. The van der Waals surface area contributed by atoms with Crippen molar-refractivity contribution < 1.29 is 21.6 Å². The molecule has 3 rings (SSSR count). The van der Waals surface area contributed by atoms with E-state index in [4.69, 9.17) is 11.6 Å². The summed E-state index contributed by atoms with van der Waals surface area (Å²) in [4.78, 5) is 0.161. The highest BCUT2D eigenvalue weighted by Crippen LogP contribution is 2.28. The van der Waals surface area contributed by atoms with Crippen molar-refractivity contribution in [1.82, 2.24) is 4.57 Å². The van der Waals surface area contributed by atoms with Gasteiger partial charge in [0.1, 0.15) is 0 Å².